The number of aliphatic carboxylic acids is 3. The van der Waals surface area contributed by atoms with Crippen molar-refractivity contribution < 1.29 is 34.5 Å². The molecule has 0 fully saturated rings. The van der Waals surface area contributed by atoms with E-state index in [4.69, 9.17) is 15.3 Å². The fourth-order valence-corrected chi connectivity index (χ4v) is 4.01. The summed E-state index contributed by atoms with van der Waals surface area (Å²) in [6.07, 6.45) is 3.51. The van der Waals surface area contributed by atoms with E-state index in [-0.39, 0.29) is 37.3 Å². The molecule has 4 N–H and O–H groups in total. The Morgan fingerprint density at radius 3 is 1.78 bits per heavy atom. The number of carboxylic acid groups (broad SMARTS) is 3. The van der Waals surface area contributed by atoms with Crippen molar-refractivity contribution in [3.63, 3.8) is 0 Å². The Bertz CT molecular complexity index is 1350. The molecule has 0 unspecified atom stereocenters. The van der Waals surface area contributed by atoms with E-state index in [2.05, 4.69) is 39.2 Å². The molecule has 0 saturated heterocycles. The van der Waals surface area contributed by atoms with Crippen molar-refractivity contribution in [2.75, 3.05) is 32.7 Å². The quantitative estimate of drug-likeness (QED) is 0.167. The molecule has 0 radical (unpaired) electrons. The minimum absolute atomic E-state index is 0.0317. The van der Waals surface area contributed by atoms with Gasteiger partial charge in [0, 0.05) is 44.0 Å². The number of aromatic nitrogens is 5. The first kappa shape index (κ1) is 30.9. The van der Waals surface area contributed by atoms with E-state index in [9.17, 15) is 19.2 Å². The fourth-order valence-electron chi connectivity index (χ4n) is 4.01. The minimum Gasteiger partial charge on any atom is -0.481 e. The lowest BCUT2D eigenvalue weighted by Crippen LogP contribution is -2.34. The number of nitrogens with one attached hydrogen (secondary N) is 1. The molecule has 0 atom stereocenters. The van der Waals surface area contributed by atoms with Crippen molar-refractivity contribution in [1.82, 2.24) is 39.7 Å². The molecule has 220 valence electrons. The molecule has 0 bridgehead atoms. The van der Waals surface area contributed by atoms with Crippen molar-refractivity contribution >= 4 is 23.8 Å². The third kappa shape index (κ3) is 9.51. The Hall–Kier alpha value is -4.63. The molecular weight excluding hydrogens is 536 g/mol. The maximum atomic E-state index is 13.0. The fraction of sp³-hybridized carbons (Fsp3) is 0.423. The lowest BCUT2D eigenvalue weighted by atomic mass is 10.2. The number of carboxylic acids is 3. The zero-order valence-electron chi connectivity index (χ0n) is 22.9. The average Bonchev–Trinajstić information content (AvgIpc) is 3.58. The van der Waals surface area contributed by atoms with Crippen LogP contribution >= 0.6 is 0 Å². The van der Waals surface area contributed by atoms with Gasteiger partial charge in [-0.3, -0.25) is 29.0 Å². The lowest BCUT2D eigenvalue weighted by molar-refractivity contribution is -0.142. The Morgan fingerprint density at radius 1 is 0.805 bits per heavy atom. The minimum atomic E-state index is -1.17. The van der Waals surface area contributed by atoms with Gasteiger partial charge in [-0.25, -0.2) is 14.3 Å². The predicted molar refractivity (Wildman–Crippen MR) is 145 cm³/mol. The number of amides is 1. The number of hydrogen-bond donors (Lipinski definition) is 4. The van der Waals surface area contributed by atoms with Crippen molar-refractivity contribution in [2.45, 2.75) is 39.8 Å². The molecular formula is C26H34N8O7. The summed E-state index contributed by atoms with van der Waals surface area (Å²) in [6, 6.07) is 6.55. The molecule has 0 aliphatic heterocycles. The van der Waals surface area contributed by atoms with Crippen molar-refractivity contribution in [1.29, 1.82) is 0 Å². The molecule has 1 amide bonds. The van der Waals surface area contributed by atoms with Gasteiger partial charge in [-0.05, 0) is 43.8 Å². The van der Waals surface area contributed by atoms with Crippen LogP contribution in [0.25, 0.3) is 11.6 Å². The first-order chi connectivity index (χ1) is 19.6. The normalized spacial score (nSPS) is 11.2. The third-order valence-corrected chi connectivity index (χ3v) is 6.05. The van der Waals surface area contributed by atoms with Gasteiger partial charge in [0.15, 0.2) is 11.6 Å². The molecule has 0 spiro atoms. The Kier molecular flexibility index (Phi) is 11.1. The van der Waals surface area contributed by atoms with Gasteiger partial charge in [0.2, 0.25) is 0 Å². The summed E-state index contributed by atoms with van der Waals surface area (Å²) in [4.78, 5) is 54.1. The van der Waals surface area contributed by atoms with Crippen LogP contribution in [0.2, 0.25) is 0 Å². The summed E-state index contributed by atoms with van der Waals surface area (Å²) < 4.78 is 2.95. The lowest BCUT2D eigenvalue weighted by Gasteiger charge is -2.16. The van der Waals surface area contributed by atoms with Gasteiger partial charge in [0.1, 0.15) is 0 Å². The molecule has 41 heavy (non-hydrogen) atoms. The summed E-state index contributed by atoms with van der Waals surface area (Å²) in [6.45, 7) is 5.67. The third-order valence-electron chi connectivity index (χ3n) is 6.05. The summed E-state index contributed by atoms with van der Waals surface area (Å²) in [7, 11) is 0. The first-order valence-electron chi connectivity index (χ1n) is 13.1. The number of hydrogen-bond acceptors (Lipinski definition) is 9. The van der Waals surface area contributed by atoms with E-state index in [1.165, 1.54) is 15.6 Å². The first-order valence-corrected chi connectivity index (χ1v) is 13.1. The molecule has 3 rings (SSSR count). The van der Waals surface area contributed by atoms with Gasteiger partial charge in [0.05, 0.1) is 24.5 Å². The molecule has 3 aromatic rings. The van der Waals surface area contributed by atoms with Gasteiger partial charge in [-0.2, -0.15) is 10.2 Å². The van der Waals surface area contributed by atoms with Gasteiger partial charge < -0.3 is 20.6 Å². The van der Waals surface area contributed by atoms with Gasteiger partial charge >= 0.3 is 17.9 Å². The molecule has 0 aromatic carbocycles. The number of nitrogens with zero attached hydrogens (tertiary/aromatic N) is 7. The van der Waals surface area contributed by atoms with Crippen LogP contribution in [0.15, 0.2) is 36.7 Å². The highest BCUT2D eigenvalue weighted by Gasteiger charge is 2.18. The average molecular weight is 571 g/mol. The predicted octanol–water partition coefficient (Wildman–Crippen LogP) is 0.861. The highest BCUT2D eigenvalue weighted by Crippen LogP contribution is 2.16. The standard InChI is InChI=1S/C26H34N8O7/c1-3-31(4-2)14-19-7-10-33(29-19)21-12-18(26(41)27-9-5-6-23(35)36)13-22(28-21)34-11-8-20(30-34)15-32(16-24(37)38)17-25(39)40/h7-8,10-13H,3-6,9,14-17H2,1-2H3,(H,27,41)(H,35,36)(H,37,38)(H,39,40). The largest absolute Gasteiger partial charge is 0.481 e. The summed E-state index contributed by atoms with van der Waals surface area (Å²) >= 11 is 0. The summed E-state index contributed by atoms with van der Waals surface area (Å²) in [5, 5.41) is 38.8. The van der Waals surface area contributed by atoms with Crippen LogP contribution in [-0.4, -0.2) is 106 Å². The van der Waals surface area contributed by atoms with E-state index in [1.54, 1.807) is 29.2 Å². The monoisotopic (exact) mass is 570 g/mol. The van der Waals surface area contributed by atoms with E-state index in [0.29, 0.717) is 18.1 Å². The molecule has 0 aliphatic carbocycles. The van der Waals surface area contributed by atoms with Gasteiger partial charge in [0.25, 0.3) is 5.91 Å². The molecule has 15 nitrogen and oxygen atoms in total. The zero-order chi connectivity index (χ0) is 29.9. The SMILES string of the molecule is CCN(CC)Cc1ccn(-c2cc(C(=O)NCCCC(=O)O)cc(-n3ccc(CN(CC(=O)O)CC(=O)O)n3)n2)n1. The molecule has 3 heterocycles. The Balaban J connectivity index is 1.91. The molecule has 0 saturated carbocycles. The van der Waals surface area contributed by atoms with E-state index >= 15 is 0 Å². The van der Waals surface area contributed by atoms with Crippen molar-refractivity contribution in [3.05, 3.63) is 53.6 Å². The van der Waals surface area contributed by atoms with Crippen LogP contribution in [-0.2, 0) is 27.5 Å². The smallest absolute Gasteiger partial charge is 0.317 e. The Labute approximate surface area is 236 Å². The van der Waals surface area contributed by atoms with Crippen LogP contribution in [0.5, 0.6) is 0 Å². The summed E-state index contributed by atoms with van der Waals surface area (Å²) in [5.74, 6) is -3.10. The van der Waals surface area contributed by atoms with Crippen LogP contribution in [0.1, 0.15) is 48.4 Å². The highest BCUT2D eigenvalue weighted by atomic mass is 16.4. The van der Waals surface area contributed by atoms with Crippen molar-refractivity contribution in [3.8, 4) is 11.6 Å². The number of rotatable bonds is 17. The Morgan fingerprint density at radius 2 is 1.32 bits per heavy atom. The summed E-state index contributed by atoms with van der Waals surface area (Å²) in [5.41, 5.74) is 1.47. The second-order valence-electron chi connectivity index (χ2n) is 9.22. The second kappa shape index (κ2) is 14.7. The van der Waals surface area contributed by atoms with Gasteiger partial charge in [-0.15, -0.1) is 0 Å². The van der Waals surface area contributed by atoms with Crippen LogP contribution in [0.4, 0.5) is 0 Å². The molecule has 0 aliphatic rings. The zero-order valence-corrected chi connectivity index (χ0v) is 22.9. The molecule has 15 heteroatoms. The number of carbonyl (C=O) groups excluding carboxylic acids is 1. The van der Waals surface area contributed by atoms with E-state index in [0.717, 1.165) is 18.8 Å². The maximum Gasteiger partial charge on any atom is 0.317 e. The number of carbonyl (C=O) groups is 4. The van der Waals surface area contributed by atoms with E-state index in [1.807, 2.05) is 6.07 Å². The highest BCUT2D eigenvalue weighted by molar-refractivity contribution is 5.95. The van der Waals surface area contributed by atoms with E-state index < -0.39 is 36.9 Å². The van der Waals surface area contributed by atoms with Crippen LogP contribution in [0, 0.1) is 0 Å². The van der Waals surface area contributed by atoms with Crippen molar-refractivity contribution in [2.24, 2.45) is 0 Å². The topological polar surface area (TPSA) is 196 Å². The number of pyridine rings is 1. The molecule has 3 aromatic heterocycles. The van der Waals surface area contributed by atoms with Crippen LogP contribution < -0.4 is 5.32 Å². The van der Waals surface area contributed by atoms with Gasteiger partial charge in [-0.1, -0.05) is 13.8 Å². The second-order valence-corrected chi connectivity index (χ2v) is 9.22. The van der Waals surface area contributed by atoms with Crippen LogP contribution in [0.3, 0.4) is 0 Å². The maximum absolute atomic E-state index is 13.0.